The molecule has 168 valence electrons. The van der Waals surface area contributed by atoms with Gasteiger partial charge >= 0.3 is 0 Å². The Morgan fingerprint density at radius 1 is 0.939 bits per heavy atom. The van der Waals surface area contributed by atoms with Crippen LogP contribution in [0.15, 0.2) is 66.7 Å². The number of anilines is 1. The summed E-state index contributed by atoms with van der Waals surface area (Å²) in [6, 6.07) is 21.1. The molecule has 2 heterocycles. The van der Waals surface area contributed by atoms with Crippen LogP contribution in [0.1, 0.15) is 24.8 Å². The number of carbonyl (C=O) groups is 2. The summed E-state index contributed by atoms with van der Waals surface area (Å²) < 4.78 is 10.9. The highest BCUT2D eigenvalue weighted by molar-refractivity contribution is 6.30. The lowest BCUT2D eigenvalue weighted by atomic mass is 9.90. The van der Waals surface area contributed by atoms with E-state index in [0.29, 0.717) is 18.0 Å². The van der Waals surface area contributed by atoms with E-state index >= 15 is 0 Å². The first-order chi connectivity index (χ1) is 16.1. The maximum absolute atomic E-state index is 13.2. The molecule has 33 heavy (non-hydrogen) atoms. The summed E-state index contributed by atoms with van der Waals surface area (Å²) >= 11 is 5.92. The SMILES string of the molecule is O=C(Cc1ccc(Cl)cc1)C[C@H]1CCCN(c2ccc(-c3ccc4c(c3)OCO4)cc2)C1=O. The fraction of sp³-hybridized carbons (Fsp3) is 0.259. The van der Waals surface area contributed by atoms with Crippen LogP contribution in [0.2, 0.25) is 5.02 Å². The molecule has 0 unspecified atom stereocenters. The van der Waals surface area contributed by atoms with Gasteiger partial charge in [-0.1, -0.05) is 41.9 Å². The topological polar surface area (TPSA) is 55.8 Å². The van der Waals surface area contributed by atoms with Crippen LogP contribution < -0.4 is 14.4 Å². The molecule has 2 aliphatic rings. The molecule has 0 saturated carbocycles. The average molecular weight is 462 g/mol. The van der Waals surface area contributed by atoms with Crippen molar-refractivity contribution in [3.8, 4) is 22.6 Å². The Morgan fingerprint density at radius 3 is 2.45 bits per heavy atom. The molecule has 1 fully saturated rings. The second kappa shape index (κ2) is 9.28. The minimum absolute atomic E-state index is 0.0292. The molecule has 0 spiro atoms. The van der Waals surface area contributed by atoms with Crippen LogP contribution in [-0.4, -0.2) is 25.0 Å². The second-order valence-electron chi connectivity index (χ2n) is 8.49. The quantitative estimate of drug-likeness (QED) is 0.474. The van der Waals surface area contributed by atoms with Gasteiger partial charge < -0.3 is 14.4 Å². The molecule has 1 amide bonds. The minimum atomic E-state index is -0.271. The van der Waals surface area contributed by atoms with Crippen LogP contribution in [0.3, 0.4) is 0 Å². The molecule has 1 saturated heterocycles. The Labute approximate surface area is 197 Å². The number of fused-ring (bicyclic) bond motifs is 1. The largest absolute Gasteiger partial charge is 0.454 e. The van der Waals surface area contributed by atoms with E-state index in [-0.39, 0.29) is 30.8 Å². The molecule has 0 N–H and O–H groups in total. The van der Waals surface area contributed by atoms with Crippen LogP contribution in [-0.2, 0) is 16.0 Å². The highest BCUT2D eigenvalue weighted by atomic mass is 35.5. The molecular weight excluding hydrogens is 438 g/mol. The van der Waals surface area contributed by atoms with Gasteiger partial charge in [-0.2, -0.15) is 0 Å². The van der Waals surface area contributed by atoms with Crippen LogP contribution in [0, 0.1) is 5.92 Å². The van der Waals surface area contributed by atoms with Crippen molar-refractivity contribution < 1.29 is 19.1 Å². The van der Waals surface area contributed by atoms with Crippen LogP contribution in [0.5, 0.6) is 11.5 Å². The van der Waals surface area contributed by atoms with Gasteiger partial charge in [-0.05, 0) is 65.9 Å². The Morgan fingerprint density at radius 2 is 1.67 bits per heavy atom. The molecule has 0 aromatic heterocycles. The predicted molar refractivity (Wildman–Crippen MR) is 128 cm³/mol. The lowest BCUT2D eigenvalue weighted by Crippen LogP contribution is -2.42. The first-order valence-corrected chi connectivity index (χ1v) is 11.5. The number of Topliss-reactive ketones (excluding diaryl/α,β-unsaturated/α-hetero) is 1. The molecule has 5 nitrogen and oxygen atoms in total. The number of carbonyl (C=O) groups excluding carboxylic acids is 2. The third kappa shape index (κ3) is 4.74. The van der Waals surface area contributed by atoms with E-state index in [1.165, 1.54) is 0 Å². The van der Waals surface area contributed by atoms with E-state index in [9.17, 15) is 9.59 Å². The predicted octanol–water partition coefficient (Wildman–Crippen LogP) is 5.68. The van der Waals surface area contributed by atoms with Crippen LogP contribution >= 0.6 is 11.6 Å². The van der Waals surface area contributed by atoms with Crippen molar-refractivity contribution in [2.45, 2.75) is 25.7 Å². The Kier molecular flexibility index (Phi) is 6.05. The first-order valence-electron chi connectivity index (χ1n) is 11.1. The number of amides is 1. The molecule has 3 aromatic rings. The molecule has 6 heteroatoms. The van der Waals surface area contributed by atoms with E-state index in [1.54, 1.807) is 12.1 Å². The van der Waals surface area contributed by atoms with Gasteiger partial charge in [0, 0.05) is 36.0 Å². The molecular formula is C27H24ClNO4. The van der Waals surface area contributed by atoms with Gasteiger partial charge in [0.2, 0.25) is 12.7 Å². The zero-order chi connectivity index (χ0) is 22.8. The number of benzene rings is 3. The fourth-order valence-electron chi connectivity index (χ4n) is 4.48. The number of rotatable bonds is 6. The highest BCUT2D eigenvalue weighted by Gasteiger charge is 2.31. The second-order valence-corrected chi connectivity index (χ2v) is 8.93. The monoisotopic (exact) mass is 461 g/mol. The smallest absolute Gasteiger partial charge is 0.231 e. The summed E-state index contributed by atoms with van der Waals surface area (Å²) in [6.45, 7) is 0.919. The van der Waals surface area contributed by atoms with E-state index in [1.807, 2.05) is 59.5 Å². The zero-order valence-electron chi connectivity index (χ0n) is 18.1. The van der Waals surface area contributed by atoms with E-state index in [0.717, 1.165) is 46.7 Å². The van der Waals surface area contributed by atoms with Crippen molar-refractivity contribution in [2.24, 2.45) is 5.92 Å². The average Bonchev–Trinajstić information content (AvgIpc) is 3.30. The fourth-order valence-corrected chi connectivity index (χ4v) is 4.61. The third-order valence-electron chi connectivity index (χ3n) is 6.22. The number of nitrogens with zero attached hydrogens (tertiary/aromatic N) is 1. The molecule has 5 rings (SSSR count). The Bertz CT molecular complexity index is 1170. The van der Waals surface area contributed by atoms with Crippen molar-refractivity contribution in [3.63, 3.8) is 0 Å². The highest BCUT2D eigenvalue weighted by Crippen LogP contribution is 2.36. The number of ether oxygens (including phenoxy) is 2. The van der Waals surface area contributed by atoms with Crippen molar-refractivity contribution in [2.75, 3.05) is 18.2 Å². The maximum atomic E-state index is 13.2. The lowest BCUT2D eigenvalue weighted by Gasteiger charge is -2.32. The van der Waals surface area contributed by atoms with E-state index in [4.69, 9.17) is 21.1 Å². The summed E-state index contributed by atoms with van der Waals surface area (Å²) in [5, 5.41) is 0.647. The number of ketones is 1. The summed E-state index contributed by atoms with van der Waals surface area (Å²) in [5.74, 6) is 1.34. The van der Waals surface area contributed by atoms with Gasteiger partial charge in [0.1, 0.15) is 5.78 Å². The van der Waals surface area contributed by atoms with Gasteiger partial charge in [0.05, 0.1) is 0 Å². The number of hydrogen-bond donors (Lipinski definition) is 0. The van der Waals surface area contributed by atoms with Gasteiger partial charge in [0.15, 0.2) is 11.5 Å². The minimum Gasteiger partial charge on any atom is -0.454 e. The molecule has 1 atom stereocenters. The lowest BCUT2D eigenvalue weighted by molar-refractivity contribution is -0.128. The van der Waals surface area contributed by atoms with Gasteiger partial charge in [-0.25, -0.2) is 0 Å². The van der Waals surface area contributed by atoms with Gasteiger partial charge in [0.25, 0.3) is 0 Å². The standard InChI is InChI=1S/C27H24ClNO4/c28-22-8-3-18(4-9-22)14-24(30)15-21-2-1-13-29(27(21)31)23-10-5-19(6-11-23)20-7-12-25-26(16-20)33-17-32-25/h3-12,16,21H,1-2,13-15,17H2/t21-/m1/s1. The van der Waals surface area contributed by atoms with Crippen LogP contribution in [0.4, 0.5) is 5.69 Å². The van der Waals surface area contributed by atoms with Crippen molar-refractivity contribution >= 4 is 29.0 Å². The van der Waals surface area contributed by atoms with Crippen molar-refractivity contribution in [1.29, 1.82) is 0 Å². The normalized spacial score (nSPS) is 17.3. The summed E-state index contributed by atoms with van der Waals surface area (Å²) in [7, 11) is 0. The van der Waals surface area contributed by atoms with E-state index in [2.05, 4.69) is 0 Å². The number of hydrogen-bond acceptors (Lipinski definition) is 4. The summed E-state index contributed by atoms with van der Waals surface area (Å²) in [4.78, 5) is 27.6. The molecule has 3 aromatic carbocycles. The number of piperidine rings is 1. The Hall–Kier alpha value is -3.31. The van der Waals surface area contributed by atoms with Crippen LogP contribution in [0.25, 0.3) is 11.1 Å². The summed E-state index contributed by atoms with van der Waals surface area (Å²) in [6.07, 6.45) is 2.23. The summed E-state index contributed by atoms with van der Waals surface area (Å²) in [5.41, 5.74) is 3.85. The Balaban J connectivity index is 1.25. The van der Waals surface area contributed by atoms with Crippen molar-refractivity contribution in [1.82, 2.24) is 0 Å². The van der Waals surface area contributed by atoms with E-state index < -0.39 is 0 Å². The van der Waals surface area contributed by atoms with Gasteiger partial charge in [-0.3, -0.25) is 9.59 Å². The molecule has 2 aliphatic heterocycles. The van der Waals surface area contributed by atoms with Crippen molar-refractivity contribution in [3.05, 3.63) is 77.3 Å². The number of halogens is 1. The first kappa shape index (κ1) is 21.5. The van der Waals surface area contributed by atoms with Gasteiger partial charge in [-0.15, -0.1) is 0 Å². The molecule has 0 radical (unpaired) electrons. The zero-order valence-corrected chi connectivity index (χ0v) is 18.9. The maximum Gasteiger partial charge on any atom is 0.231 e. The third-order valence-corrected chi connectivity index (χ3v) is 6.48. The molecule has 0 aliphatic carbocycles. The molecule has 0 bridgehead atoms.